The summed E-state index contributed by atoms with van der Waals surface area (Å²) in [6, 6.07) is -0.925. The molecule has 15 heteroatoms. The molecular formula is C16H16ClN5O6S3. The molecule has 1 saturated heterocycles. The van der Waals surface area contributed by atoms with E-state index in [9.17, 15) is 24.3 Å². The van der Waals surface area contributed by atoms with Gasteiger partial charge in [-0.3, -0.25) is 19.3 Å². The number of nitrogens with zero attached hydrogens (tertiary/aromatic N) is 3. The van der Waals surface area contributed by atoms with Gasteiger partial charge in [-0.05, 0) is 6.26 Å². The number of amides is 3. The summed E-state index contributed by atoms with van der Waals surface area (Å²) in [5, 5.41) is 19.4. The first-order valence-electron chi connectivity index (χ1n) is 8.51. The molecule has 0 saturated carbocycles. The highest BCUT2D eigenvalue weighted by Gasteiger charge is 2.54. The van der Waals surface area contributed by atoms with E-state index in [-0.39, 0.29) is 28.1 Å². The van der Waals surface area contributed by atoms with Gasteiger partial charge in [0.15, 0.2) is 10.8 Å². The van der Waals surface area contributed by atoms with Gasteiger partial charge in [0.1, 0.15) is 35.8 Å². The number of hydrogen-bond acceptors (Lipinski definition) is 10. The van der Waals surface area contributed by atoms with Crippen molar-refractivity contribution in [2.24, 2.45) is 5.16 Å². The summed E-state index contributed by atoms with van der Waals surface area (Å²) in [7, 11) is 1.25. The Morgan fingerprint density at radius 3 is 2.84 bits per heavy atom. The molecule has 3 amide bonds. The number of alkyl halides is 1. The molecule has 0 bridgehead atoms. The molecule has 3 rings (SSSR count). The van der Waals surface area contributed by atoms with Crippen molar-refractivity contribution in [2.45, 2.75) is 11.4 Å². The monoisotopic (exact) mass is 505 g/mol. The highest BCUT2D eigenvalue weighted by atomic mass is 35.5. The molecule has 2 aliphatic heterocycles. The van der Waals surface area contributed by atoms with E-state index in [4.69, 9.17) is 16.4 Å². The minimum absolute atomic E-state index is 0.0586. The number of oxime groups is 1. The van der Waals surface area contributed by atoms with E-state index in [1.807, 2.05) is 0 Å². The normalized spacial score (nSPS) is 20.7. The van der Waals surface area contributed by atoms with Gasteiger partial charge >= 0.3 is 5.97 Å². The van der Waals surface area contributed by atoms with Crippen LogP contribution in [-0.4, -0.2) is 80.8 Å². The first-order chi connectivity index (χ1) is 14.8. The number of thiazole rings is 1. The average molecular weight is 506 g/mol. The number of carbonyl (C=O) groups is 4. The lowest BCUT2D eigenvalue weighted by atomic mass is 10.0. The topological polar surface area (TPSA) is 150 Å². The lowest BCUT2D eigenvalue weighted by Gasteiger charge is -2.49. The first-order valence-corrected chi connectivity index (χ1v) is 12.2. The third-order valence-electron chi connectivity index (χ3n) is 4.18. The minimum Gasteiger partial charge on any atom is -0.477 e. The molecule has 1 aromatic heterocycles. The van der Waals surface area contributed by atoms with Gasteiger partial charge in [0.2, 0.25) is 5.91 Å². The Morgan fingerprint density at radius 1 is 1.48 bits per heavy atom. The summed E-state index contributed by atoms with van der Waals surface area (Å²) in [5.74, 6) is -2.74. The van der Waals surface area contributed by atoms with Crippen LogP contribution in [-0.2, 0) is 24.0 Å². The summed E-state index contributed by atoms with van der Waals surface area (Å²) >= 11 is 9.13. The highest BCUT2D eigenvalue weighted by molar-refractivity contribution is 8.05. The maximum Gasteiger partial charge on any atom is 0.353 e. The second-order valence-corrected chi connectivity index (χ2v) is 9.12. The summed E-state index contributed by atoms with van der Waals surface area (Å²) in [5.41, 5.74) is -0.127. The van der Waals surface area contributed by atoms with Crippen LogP contribution in [0.2, 0.25) is 0 Å². The largest absolute Gasteiger partial charge is 0.477 e. The molecule has 1 unspecified atom stereocenters. The minimum atomic E-state index is -1.19. The lowest BCUT2D eigenvalue weighted by Crippen LogP contribution is -2.71. The number of thioether (sulfide) groups is 2. The van der Waals surface area contributed by atoms with E-state index in [0.717, 1.165) is 11.3 Å². The predicted octanol–water partition coefficient (Wildman–Crippen LogP) is 0.730. The summed E-state index contributed by atoms with van der Waals surface area (Å²) in [4.78, 5) is 59.1. The van der Waals surface area contributed by atoms with Crippen LogP contribution in [0.1, 0.15) is 5.69 Å². The maximum atomic E-state index is 12.8. The zero-order valence-corrected chi connectivity index (χ0v) is 19.3. The van der Waals surface area contributed by atoms with Crippen molar-refractivity contribution in [1.29, 1.82) is 0 Å². The van der Waals surface area contributed by atoms with Gasteiger partial charge < -0.3 is 20.6 Å². The zero-order valence-electron chi connectivity index (χ0n) is 16.1. The van der Waals surface area contributed by atoms with Gasteiger partial charge in [-0.1, -0.05) is 5.16 Å². The molecule has 166 valence electrons. The van der Waals surface area contributed by atoms with Crippen molar-refractivity contribution in [3.05, 3.63) is 21.7 Å². The molecule has 0 spiro atoms. The SMILES string of the molecule is CO/N=C(\C(=O)NC1C(=O)N2C(C(=O)O)=C(SC)CS[C@H]12)c1csc(NC(=O)CCl)n1. The fourth-order valence-electron chi connectivity index (χ4n) is 2.85. The molecule has 1 fully saturated rings. The van der Waals surface area contributed by atoms with Crippen LogP contribution in [0.3, 0.4) is 0 Å². The van der Waals surface area contributed by atoms with Crippen LogP contribution < -0.4 is 10.6 Å². The number of aliphatic carboxylic acids is 1. The van der Waals surface area contributed by atoms with Crippen LogP contribution in [0, 0.1) is 0 Å². The fourth-order valence-corrected chi connectivity index (χ4v) is 5.87. The second-order valence-electron chi connectivity index (χ2n) is 5.98. The van der Waals surface area contributed by atoms with E-state index >= 15 is 0 Å². The highest BCUT2D eigenvalue weighted by Crippen LogP contribution is 2.42. The van der Waals surface area contributed by atoms with Gasteiger partial charge in [-0.15, -0.1) is 46.5 Å². The van der Waals surface area contributed by atoms with Gasteiger partial charge in [0.05, 0.1) is 0 Å². The number of rotatable bonds is 8. The van der Waals surface area contributed by atoms with Crippen molar-refractivity contribution in [2.75, 3.05) is 30.3 Å². The Bertz CT molecular complexity index is 996. The van der Waals surface area contributed by atoms with Crippen LogP contribution in [0.4, 0.5) is 5.13 Å². The van der Waals surface area contributed by atoms with Gasteiger partial charge in [0, 0.05) is 16.0 Å². The number of anilines is 1. The molecule has 31 heavy (non-hydrogen) atoms. The number of hydrogen-bond donors (Lipinski definition) is 3. The third kappa shape index (κ3) is 4.66. The lowest BCUT2D eigenvalue weighted by molar-refractivity contribution is -0.150. The Hall–Kier alpha value is -2.29. The van der Waals surface area contributed by atoms with Gasteiger partial charge in [0.25, 0.3) is 11.8 Å². The number of fused-ring (bicyclic) bond motifs is 1. The number of carboxylic acid groups (broad SMARTS) is 1. The molecular weight excluding hydrogens is 490 g/mol. The number of carboxylic acids is 1. The zero-order chi connectivity index (χ0) is 22.7. The Labute approximate surface area is 193 Å². The van der Waals surface area contributed by atoms with E-state index in [1.165, 1.54) is 40.9 Å². The van der Waals surface area contributed by atoms with Crippen LogP contribution in [0.25, 0.3) is 0 Å². The van der Waals surface area contributed by atoms with E-state index < -0.39 is 35.1 Å². The average Bonchev–Trinajstić information content (AvgIpc) is 3.21. The van der Waals surface area contributed by atoms with Crippen molar-refractivity contribution >= 4 is 81.0 Å². The van der Waals surface area contributed by atoms with Crippen LogP contribution >= 0.6 is 46.5 Å². The third-order valence-corrected chi connectivity index (χ3v) is 7.47. The summed E-state index contributed by atoms with van der Waals surface area (Å²) in [6.07, 6.45) is 1.74. The molecule has 0 aliphatic carbocycles. The van der Waals surface area contributed by atoms with Crippen LogP contribution in [0.5, 0.6) is 0 Å². The first kappa shape index (κ1) is 23.4. The molecule has 2 atom stereocenters. The Balaban J connectivity index is 1.75. The predicted molar refractivity (Wildman–Crippen MR) is 118 cm³/mol. The van der Waals surface area contributed by atoms with Gasteiger partial charge in [-0.2, -0.15) is 0 Å². The van der Waals surface area contributed by atoms with Crippen molar-refractivity contribution < 1.29 is 29.1 Å². The molecule has 0 aromatic carbocycles. The van der Waals surface area contributed by atoms with E-state index in [0.29, 0.717) is 10.7 Å². The summed E-state index contributed by atoms with van der Waals surface area (Å²) < 4.78 is 0. The fraction of sp³-hybridized carbons (Fsp3) is 0.375. The standard InChI is InChI=1S/C16H16ClN5O6S3/c1-28-21-9(6-4-31-16(18-6)19-8(23)3-17)12(24)20-10-13(25)22-11(15(26)27)7(29-2)5-30-14(10)22/h4,10,14H,3,5H2,1-2H3,(H,20,24)(H,26,27)(H,18,19,23)/b21-9-/t10?,14-/m1/s1. The Morgan fingerprint density at radius 2 is 2.23 bits per heavy atom. The van der Waals surface area contributed by atoms with Crippen molar-refractivity contribution in [3.63, 3.8) is 0 Å². The van der Waals surface area contributed by atoms with E-state index in [2.05, 4.69) is 20.8 Å². The van der Waals surface area contributed by atoms with Crippen molar-refractivity contribution in [3.8, 4) is 0 Å². The molecule has 3 N–H and O–H groups in total. The second kappa shape index (κ2) is 9.89. The Kier molecular flexibility index (Phi) is 7.46. The van der Waals surface area contributed by atoms with Crippen LogP contribution in [0.15, 0.2) is 21.1 Å². The molecule has 3 heterocycles. The maximum absolute atomic E-state index is 12.8. The molecule has 0 radical (unpaired) electrons. The number of nitrogens with one attached hydrogen (secondary N) is 2. The number of carbonyl (C=O) groups excluding carboxylic acids is 3. The quantitative estimate of drug-likeness (QED) is 0.201. The smallest absolute Gasteiger partial charge is 0.353 e. The number of halogens is 1. The molecule has 1 aromatic rings. The number of β-lactam (4-membered cyclic amide) rings is 1. The van der Waals surface area contributed by atoms with Gasteiger partial charge in [-0.25, -0.2) is 9.78 Å². The molecule has 11 nitrogen and oxygen atoms in total. The number of aromatic nitrogens is 1. The van der Waals surface area contributed by atoms with Crippen molar-refractivity contribution in [1.82, 2.24) is 15.2 Å². The molecule has 2 aliphatic rings. The van der Waals surface area contributed by atoms with E-state index in [1.54, 1.807) is 6.26 Å². The summed E-state index contributed by atoms with van der Waals surface area (Å²) in [6.45, 7) is 0.